The molecule has 136 valence electrons. The highest BCUT2D eigenvalue weighted by Crippen LogP contribution is 2.35. The van der Waals surface area contributed by atoms with Gasteiger partial charge in [-0.15, -0.1) is 0 Å². The van der Waals surface area contributed by atoms with E-state index in [2.05, 4.69) is 6.07 Å². The Bertz CT molecular complexity index is 1050. The van der Waals surface area contributed by atoms with Crippen molar-refractivity contribution in [1.29, 1.82) is 0 Å². The maximum Gasteiger partial charge on any atom is 0.340 e. The van der Waals surface area contributed by atoms with Gasteiger partial charge in [-0.3, -0.25) is 0 Å². The number of rotatable bonds is 1. The number of benzene rings is 2. The highest BCUT2D eigenvalue weighted by Gasteiger charge is 2.16. The SMILES string of the molecule is CC.CC.Cc1cc(C)cc(-c2oc(=O)cc3oc4ccccc4c23)c1. The van der Waals surface area contributed by atoms with Gasteiger partial charge in [0.25, 0.3) is 0 Å². The smallest absolute Gasteiger partial charge is 0.340 e. The zero-order valence-corrected chi connectivity index (χ0v) is 16.3. The second-order valence-electron chi connectivity index (χ2n) is 5.61. The first-order chi connectivity index (χ1) is 12.6. The molecule has 2 aromatic carbocycles. The topological polar surface area (TPSA) is 43.4 Å². The van der Waals surface area contributed by atoms with Crippen molar-refractivity contribution in [3.8, 4) is 11.3 Å². The van der Waals surface area contributed by atoms with E-state index in [4.69, 9.17) is 8.83 Å². The lowest BCUT2D eigenvalue weighted by atomic mass is 10.0. The van der Waals surface area contributed by atoms with E-state index in [9.17, 15) is 4.79 Å². The van der Waals surface area contributed by atoms with Crippen LogP contribution in [0.5, 0.6) is 0 Å². The lowest BCUT2D eigenvalue weighted by molar-refractivity contribution is 0.528. The van der Waals surface area contributed by atoms with Crippen LogP contribution < -0.4 is 5.63 Å². The molecule has 0 saturated heterocycles. The molecule has 0 unspecified atom stereocenters. The van der Waals surface area contributed by atoms with Crippen LogP contribution in [0.25, 0.3) is 33.3 Å². The van der Waals surface area contributed by atoms with Crippen LogP contribution in [0.1, 0.15) is 38.8 Å². The number of aryl methyl sites for hydroxylation is 2. The Morgan fingerprint density at radius 3 is 2.00 bits per heavy atom. The molecule has 0 atom stereocenters. The summed E-state index contributed by atoms with van der Waals surface area (Å²) in [5.41, 5.74) is 4.06. The van der Waals surface area contributed by atoms with Crippen LogP contribution in [0.3, 0.4) is 0 Å². The van der Waals surface area contributed by atoms with Crippen molar-refractivity contribution in [3.63, 3.8) is 0 Å². The summed E-state index contributed by atoms with van der Waals surface area (Å²) < 4.78 is 11.3. The third-order valence-electron chi connectivity index (χ3n) is 3.79. The van der Waals surface area contributed by atoms with Crippen LogP contribution in [-0.2, 0) is 0 Å². The van der Waals surface area contributed by atoms with Gasteiger partial charge in [-0.05, 0) is 32.0 Å². The molecule has 3 nitrogen and oxygen atoms in total. The number of hydrogen-bond acceptors (Lipinski definition) is 3. The van der Waals surface area contributed by atoms with E-state index in [1.807, 2.05) is 77.9 Å². The van der Waals surface area contributed by atoms with E-state index in [0.717, 1.165) is 33.0 Å². The summed E-state index contributed by atoms with van der Waals surface area (Å²) in [7, 11) is 0. The Morgan fingerprint density at radius 2 is 1.35 bits per heavy atom. The van der Waals surface area contributed by atoms with E-state index in [1.165, 1.54) is 6.07 Å². The van der Waals surface area contributed by atoms with Crippen molar-refractivity contribution in [2.24, 2.45) is 0 Å². The lowest BCUT2D eigenvalue weighted by Crippen LogP contribution is -1.97. The van der Waals surface area contributed by atoms with Gasteiger partial charge in [-0.2, -0.15) is 0 Å². The van der Waals surface area contributed by atoms with Gasteiger partial charge in [0.1, 0.15) is 16.9 Å². The molecule has 0 spiro atoms. The molecule has 0 aliphatic heterocycles. The molecule has 4 aromatic rings. The molecule has 0 radical (unpaired) electrons. The first kappa shape index (κ1) is 19.5. The summed E-state index contributed by atoms with van der Waals surface area (Å²) in [6, 6.07) is 15.3. The zero-order valence-electron chi connectivity index (χ0n) is 16.3. The Morgan fingerprint density at radius 1 is 0.731 bits per heavy atom. The Hall–Kier alpha value is -2.81. The van der Waals surface area contributed by atoms with Crippen molar-refractivity contribution in [2.45, 2.75) is 41.5 Å². The van der Waals surface area contributed by atoms with Crippen LogP contribution >= 0.6 is 0 Å². The van der Waals surface area contributed by atoms with Gasteiger partial charge in [0.2, 0.25) is 0 Å². The highest BCUT2D eigenvalue weighted by atomic mass is 16.4. The second-order valence-corrected chi connectivity index (χ2v) is 5.61. The van der Waals surface area contributed by atoms with Crippen LogP contribution in [0.2, 0.25) is 0 Å². The summed E-state index contributed by atoms with van der Waals surface area (Å²) in [5, 5.41) is 1.80. The molecular weight excluding hydrogens is 324 g/mol. The molecule has 0 aliphatic rings. The van der Waals surface area contributed by atoms with Crippen molar-refractivity contribution in [1.82, 2.24) is 0 Å². The predicted octanol–water partition coefficient (Wildman–Crippen LogP) is 6.88. The number of furan rings is 1. The molecule has 0 fully saturated rings. The molecule has 0 saturated carbocycles. The van der Waals surface area contributed by atoms with E-state index in [1.54, 1.807) is 0 Å². The molecule has 26 heavy (non-hydrogen) atoms. The standard InChI is InChI=1S/C19H14O3.2C2H6/c1-11-7-12(2)9-13(8-11)19-18-14-5-3-4-6-15(14)21-16(18)10-17(20)22-19;2*1-2/h3-10H,1-2H3;2*1-2H3. The molecule has 2 heterocycles. The minimum atomic E-state index is -0.402. The van der Waals surface area contributed by atoms with Crippen molar-refractivity contribution < 1.29 is 8.83 Å². The average Bonchev–Trinajstić information content (AvgIpc) is 3.01. The van der Waals surface area contributed by atoms with Crippen LogP contribution in [0.4, 0.5) is 0 Å². The second kappa shape index (κ2) is 8.52. The van der Waals surface area contributed by atoms with Crippen molar-refractivity contribution >= 4 is 21.9 Å². The molecule has 4 rings (SSSR count). The van der Waals surface area contributed by atoms with Gasteiger partial charge in [-0.25, -0.2) is 4.79 Å². The summed E-state index contributed by atoms with van der Waals surface area (Å²) in [6.07, 6.45) is 0. The predicted molar refractivity (Wildman–Crippen MR) is 110 cm³/mol. The molecule has 0 N–H and O–H groups in total. The van der Waals surface area contributed by atoms with E-state index in [0.29, 0.717) is 11.3 Å². The third kappa shape index (κ3) is 3.72. The Labute approximate surface area is 154 Å². The normalized spacial score (nSPS) is 10.1. The minimum Gasteiger partial charge on any atom is -0.456 e. The van der Waals surface area contributed by atoms with Gasteiger partial charge < -0.3 is 8.83 Å². The largest absolute Gasteiger partial charge is 0.456 e. The van der Waals surface area contributed by atoms with Crippen molar-refractivity contribution in [2.75, 3.05) is 0 Å². The molecule has 3 heteroatoms. The van der Waals surface area contributed by atoms with Crippen LogP contribution in [0, 0.1) is 13.8 Å². The van der Waals surface area contributed by atoms with Gasteiger partial charge in [0, 0.05) is 10.9 Å². The monoisotopic (exact) mass is 350 g/mol. The summed E-state index contributed by atoms with van der Waals surface area (Å²) in [5.74, 6) is 0.569. The number of fused-ring (bicyclic) bond motifs is 3. The fourth-order valence-corrected chi connectivity index (χ4v) is 3.00. The number of hydrogen-bond donors (Lipinski definition) is 0. The Kier molecular flexibility index (Phi) is 6.40. The van der Waals surface area contributed by atoms with E-state index < -0.39 is 5.63 Å². The first-order valence-electron chi connectivity index (χ1n) is 9.16. The van der Waals surface area contributed by atoms with Crippen LogP contribution in [0.15, 0.2) is 62.2 Å². The van der Waals surface area contributed by atoms with E-state index in [-0.39, 0.29) is 0 Å². The minimum absolute atomic E-state index is 0.402. The van der Waals surface area contributed by atoms with Crippen LogP contribution in [-0.4, -0.2) is 0 Å². The maximum atomic E-state index is 11.9. The zero-order chi connectivity index (χ0) is 19.3. The molecule has 0 amide bonds. The first-order valence-corrected chi connectivity index (χ1v) is 9.16. The molecule has 2 aromatic heterocycles. The fraction of sp³-hybridized carbons (Fsp3) is 0.261. The van der Waals surface area contributed by atoms with E-state index >= 15 is 0 Å². The number of para-hydroxylation sites is 1. The third-order valence-corrected chi connectivity index (χ3v) is 3.79. The summed E-state index contributed by atoms with van der Waals surface area (Å²) in [6.45, 7) is 12.1. The Balaban J connectivity index is 0.000000570. The summed E-state index contributed by atoms with van der Waals surface area (Å²) in [4.78, 5) is 11.9. The molecule has 0 bridgehead atoms. The summed E-state index contributed by atoms with van der Waals surface area (Å²) >= 11 is 0. The molecular formula is C23H26O3. The van der Waals surface area contributed by atoms with Gasteiger partial charge in [0.05, 0.1) is 11.5 Å². The quantitative estimate of drug-likeness (QED) is 0.376. The fourth-order valence-electron chi connectivity index (χ4n) is 3.00. The van der Waals surface area contributed by atoms with Gasteiger partial charge >= 0.3 is 5.63 Å². The van der Waals surface area contributed by atoms with Gasteiger partial charge in [-0.1, -0.05) is 63.1 Å². The highest BCUT2D eigenvalue weighted by molar-refractivity contribution is 6.10. The lowest BCUT2D eigenvalue weighted by Gasteiger charge is -2.05. The molecule has 0 aliphatic carbocycles. The van der Waals surface area contributed by atoms with Crippen molar-refractivity contribution in [3.05, 3.63) is 70.1 Å². The average molecular weight is 350 g/mol. The maximum absolute atomic E-state index is 11.9. The van der Waals surface area contributed by atoms with Gasteiger partial charge in [0.15, 0.2) is 0 Å².